The molecule has 0 atom stereocenters. The predicted molar refractivity (Wildman–Crippen MR) is 209 cm³/mol. The third-order valence-electron chi connectivity index (χ3n) is 7.32. The fourth-order valence-electron chi connectivity index (χ4n) is 4.56. The van der Waals surface area contributed by atoms with E-state index in [1.807, 2.05) is 25.1 Å². The number of anilines is 4. The molecule has 0 spiro atoms. The molecule has 0 saturated heterocycles. The number of hydrogen-bond acceptors (Lipinski definition) is 9. The Bertz CT molecular complexity index is 1140. The van der Waals surface area contributed by atoms with Crippen LogP contribution < -0.4 is 27.2 Å². The molecule has 1 heterocycles. The summed E-state index contributed by atoms with van der Waals surface area (Å²) in [6.07, 6.45) is 16.2. The van der Waals surface area contributed by atoms with Crippen LogP contribution in [-0.4, -0.2) is 60.2 Å². The van der Waals surface area contributed by atoms with Crippen LogP contribution in [0, 0.1) is 5.92 Å². The smallest absolute Gasteiger partial charge is 0.229 e. The molecule has 1 aromatic carbocycles. The van der Waals surface area contributed by atoms with Crippen LogP contribution in [0.1, 0.15) is 119 Å². The summed E-state index contributed by atoms with van der Waals surface area (Å²) in [7, 11) is 1.70. The maximum atomic E-state index is 11.0. The third-order valence-corrected chi connectivity index (χ3v) is 7.32. The van der Waals surface area contributed by atoms with Crippen molar-refractivity contribution >= 4 is 35.3 Å². The van der Waals surface area contributed by atoms with Gasteiger partial charge in [0.25, 0.3) is 0 Å². The molecule has 10 nitrogen and oxygen atoms in total. The average molecular weight is 668 g/mol. The van der Waals surface area contributed by atoms with Gasteiger partial charge < -0.3 is 21.3 Å². The van der Waals surface area contributed by atoms with Crippen molar-refractivity contribution in [3.63, 3.8) is 0 Å². The van der Waals surface area contributed by atoms with E-state index in [-0.39, 0.29) is 5.91 Å². The van der Waals surface area contributed by atoms with Crippen molar-refractivity contribution in [2.24, 2.45) is 16.8 Å². The summed E-state index contributed by atoms with van der Waals surface area (Å²) in [6, 6.07) is 8.04. The number of benzene rings is 1. The van der Waals surface area contributed by atoms with Crippen molar-refractivity contribution in [1.29, 1.82) is 0 Å². The van der Waals surface area contributed by atoms with Gasteiger partial charge in [0.1, 0.15) is 0 Å². The molecule has 0 bridgehead atoms. The molecule has 2 rings (SSSR count). The largest absolute Gasteiger partial charge is 0.394 e. The molecule has 0 aliphatic carbocycles. The standard InChI is InChI=1S/C18H25N7.C11H25N.C9H19NO/c1-4-6-13-7-9-15(10-8-13)25(20)17-16(19)12-22-18(24-17)23-14(5-2)11-21-3;1-5-8-12(9-6-2)10-7-11(3)4;1-3-5-7-9(11)10-8-6-4-2/h5,7-12H,4,6,19-20H2,1-3H3,(H,22,23,24);11H,5-10H2,1-4H3;3-8H2,1-2H3,(H,10,11)/b14-5+,21-11?;;. The monoisotopic (exact) mass is 668 g/mol. The molecule has 10 heteroatoms. The van der Waals surface area contributed by atoms with Gasteiger partial charge in [-0.15, -0.1) is 0 Å². The maximum absolute atomic E-state index is 11.0. The summed E-state index contributed by atoms with van der Waals surface area (Å²) in [5.74, 6) is 8.12. The average Bonchev–Trinajstić information content (AvgIpc) is 3.08. The summed E-state index contributed by atoms with van der Waals surface area (Å²) in [6.45, 7) is 22.1. The van der Waals surface area contributed by atoms with Crippen LogP contribution in [-0.2, 0) is 11.2 Å². The molecule has 0 unspecified atom stereocenters. The fourth-order valence-corrected chi connectivity index (χ4v) is 4.56. The molecule has 1 amide bonds. The van der Waals surface area contributed by atoms with Crippen LogP contribution in [0.3, 0.4) is 0 Å². The lowest BCUT2D eigenvalue weighted by molar-refractivity contribution is -0.121. The molecule has 6 N–H and O–H groups in total. The minimum absolute atomic E-state index is 0.209. The van der Waals surface area contributed by atoms with Crippen molar-refractivity contribution in [2.75, 3.05) is 49.3 Å². The highest BCUT2D eigenvalue weighted by molar-refractivity contribution is 5.82. The molecule has 272 valence electrons. The van der Waals surface area contributed by atoms with E-state index in [1.165, 1.54) is 55.7 Å². The van der Waals surface area contributed by atoms with E-state index in [4.69, 9.17) is 11.6 Å². The Labute approximate surface area is 293 Å². The van der Waals surface area contributed by atoms with E-state index in [1.54, 1.807) is 13.3 Å². The first-order chi connectivity index (χ1) is 23.1. The van der Waals surface area contributed by atoms with Crippen LogP contribution in [0.15, 0.2) is 47.2 Å². The van der Waals surface area contributed by atoms with Gasteiger partial charge in [0.2, 0.25) is 11.9 Å². The molecule has 48 heavy (non-hydrogen) atoms. The Balaban J connectivity index is 0.000000802. The van der Waals surface area contributed by atoms with E-state index in [9.17, 15) is 4.79 Å². The van der Waals surface area contributed by atoms with Crippen LogP contribution in [0.25, 0.3) is 0 Å². The zero-order chi connectivity index (χ0) is 36.2. The van der Waals surface area contributed by atoms with Gasteiger partial charge in [-0.25, -0.2) is 10.8 Å². The van der Waals surface area contributed by atoms with Gasteiger partial charge in [-0.3, -0.25) is 14.8 Å². The van der Waals surface area contributed by atoms with Gasteiger partial charge in [0, 0.05) is 26.2 Å². The van der Waals surface area contributed by atoms with Crippen molar-refractivity contribution in [2.45, 2.75) is 120 Å². The Kier molecular flexibility index (Phi) is 26.4. The fraction of sp³-hybridized carbons (Fsp3) is 0.632. The van der Waals surface area contributed by atoms with Crippen LogP contribution in [0.4, 0.5) is 23.1 Å². The number of hydrogen-bond donors (Lipinski definition) is 4. The molecule has 0 radical (unpaired) electrons. The Morgan fingerprint density at radius 3 is 2.12 bits per heavy atom. The molecule has 2 aromatic rings. The minimum Gasteiger partial charge on any atom is -0.394 e. The van der Waals surface area contributed by atoms with Crippen LogP contribution >= 0.6 is 0 Å². The molecule has 0 saturated carbocycles. The molecule has 0 aliphatic rings. The first-order valence-electron chi connectivity index (χ1n) is 18.2. The van der Waals surface area contributed by atoms with Crippen LogP contribution in [0.2, 0.25) is 0 Å². The molecular weight excluding hydrogens is 598 g/mol. The Morgan fingerprint density at radius 1 is 0.958 bits per heavy atom. The summed E-state index contributed by atoms with van der Waals surface area (Å²) in [5, 5.41) is 7.42. The van der Waals surface area contributed by atoms with Crippen molar-refractivity contribution in [1.82, 2.24) is 20.2 Å². The van der Waals surface area contributed by atoms with Gasteiger partial charge in [-0.05, 0) is 88.7 Å². The number of nitrogens with one attached hydrogen (secondary N) is 2. The van der Waals surface area contributed by atoms with Gasteiger partial charge in [-0.2, -0.15) is 4.98 Å². The molecule has 0 fully saturated rings. The van der Waals surface area contributed by atoms with Gasteiger partial charge >= 0.3 is 0 Å². The van der Waals surface area contributed by atoms with Gasteiger partial charge in [-0.1, -0.05) is 85.9 Å². The number of aromatic nitrogens is 2. The lowest BCUT2D eigenvalue weighted by atomic mass is 10.1. The Morgan fingerprint density at radius 2 is 1.60 bits per heavy atom. The summed E-state index contributed by atoms with van der Waals surface area (Å²) < 4.78 is 0. The lowest BCUT2D eigenvalue weighted by Crippen LogP contribution is -2.27. The number of amides is 1. The number of carbonyl (C=O) groups is 1. The van der Waals surface area contributed by atoms with E-state index < -0.39 is 0 Å². The first kappa shape index (κ1) is 44.5. The highest BCUT2D eigenvalue weighted by Crippen LogP contribution is 2.26. The summed E-state index contributed by atoms with van der Waals surface area (Å²) in [4.78, 5) is 26.1. The third kappa shape index (κ3) is 20.7. The van der Waals surface area contributed by atoms with E-state index in [0.717, 1.165) is 62.4 Å². The second-order valence-corrected chi connectivity index (χ2v) is 12.3. The SMILES string of the molecule is C/C=C(\C=NC)Nc1ncc(N)c(N(N)c2ccc(CCC)cc2)n1.CCCCNC(=O)CCCC.CCCN(CCC)CCC(C)C. The lowest BCUT2D eigenvalue weighted by Gasteiger charge is -2.21. The predicted octanol–water partition coefficient (Wildman–Crippen LogP) is 8.29. The van der Waals surface area contributed by atoms with Gasteiger partial charge in [0.05, 0.1) is 23.3 Å². The van der Waals surface area contributed by atoms with Crippen LogP contribution in [0.5, 0.6) is 0 Å². The zero-order valence-corrected chi connectivity index (χ0v) is 31.8. The highest BCUT2D eigenvalue weighted by atomic mass is 16.1. The highest BCUT2D eigenvalue weighted by Gasteiger charge is 2.13. The molecule has 1 aromatic heterocycles. The summed E-state index contributed by atoms with van der Waals surface area (Å²) >= 11 is 0. The number of aryl methyl sites for hydroxylation is 1. The molecular formula is C38H69N9O. The van der Waals surface area contributed by atoms with E-state index in [2.05, 4.69) is 91.1 Å². The number of nitrogens with two attached hydrogens (primary N) is 2. The number of allylic oxidation sites excluding steroid dienone is 2. The second kappa shape index (κ2) is 28.5. The minimum atomic E-state index is 0.209. The number of nitrogen functional groups attached to an aromatic ring is 1. The van der Waals surface area contributed by atoms with Crippen molar-refractivity contribution in [3.8, 4) is 0 Å². The number of unbranched alkanes of at least 4 members (excludes halogenated alkanes) is 2. The zero-order valence-electron chi connectivity index (χ0n) is 31.8. The number of hydrazine groups is 1. The van der Waals surface area contributed by atoms with Gasteiger partial charge in [0.15, 0.2) is 5.82 Å². The number of nitrogens with zero attached hydrogens (tertiary/aromatic N) is 5. The van der Waals surface area contributed by atoms with Crippen molar-refractivity contribution in [3.05, 3.63) is 47.8 Å². The summed E-state index contributed by atoms with van der Waals surface area (Å²) in [5.41, 5.74) is 9.27. The number of aliphatic imine (C=N–C) groups is 1. The van der Waals surface area contributed by atoms with E-state index >= 15 is 0 Å². The topological polar surface area (TPSA) is 138 Å². The first-order valence-corrected chi connectivity index (χ1v) is 18.2. The normalized spacial score (nSPS) is 11.2. The second-order valence-electron chi connectivity index (χ2n) is 12.3. The molecule has 0 aliphatic heterocycles. The quantitative estimate of drug-likeness (QED) is 0.0479. The Hall–Kier alpha value is -3.50. The number of carbonyl (C=O) groups excluding carboxylic acids is 1. The maximum Gasteiger partial charge on any atom is 0.229 e. The van der Waals surface area contributed by atoms with Crippen molar-refractivity contribution < 1.29 is 4.79 Å². The van der Waals surface area contributed by atoms with E-state index in [0.29, 0.717) is 23.9 Å². The number of rotatable bonds is 20.